The van der Waals surface area contributed by atoms with Crippen molar-refractivity contribution in [3.8, 4) is 0 Å². The molecule has 2 N–H and O–H groups in total. The maximum absolute atomic E-state index is 12.1. The Bertz CT molecular complexity index is 1080. The summed E-state index contributed by atoms with van der Waals surface area (Å²) in [6, 6.07) is 6.30. The van der Waals surface area contributed by atoms with Gasteiger partial charge in [-0.25, -0.2) is 4.79 Å². The first-order chi connectivity index (χ1) is 15.2. The number of aryl methyl sites for hydroxylation is 1. The van der Waals surface area contributed by atoms with Crippen LogP contribution in [0.1, 0.15) is 12.0 Å². The summed E-state index contributed by atoms with van der Waals surface area (Å²) in [5.74, 6) is -0.169. The Morgan fingerprint density at radius 1 is 1.00 bits per heavy atom. The van der Waals surface area contributed by atoms with Crippen LogP contribution in [0.3, 0.4) is 0 Å². The number of halogens is 1. The number of anilines is 1. The molecule has 0 aliphatic carbocycles. The molecule has 14 heteroatoms. The molecule has 2 aromatic rings. The number of hydrogen-bond donors (Lipinski definition) is 2. The van der Waals surface area contributed by atoms with Gasteiger partial charge >= 0.3 is 16.9 Å². The molecule has 0 atom stereocenters. The average molecular weight is 487 g/mol. The van der Waals surface area contributed by atoms with E-state index in [1.165, 1.54) is 26.2 Å². The van der Waals surface area contributed by atoms with E-state index in [1.54, 1.807) is 12.1 Å². The van der Waals surface area contributed by atoms with Crippen molar-refractivity contribution in [3.05, 3.63) is 70.9 Å². The fourth-order valence-electron chi connectivity index (χ4n) is 3.29. The van der Waals surface area contributed by atoms with Gasteiger partial charge < -0.3 is 10.4 Å². The van der Waals surface area contributed by atoms with Crippen LogP contribution in [0.15, 0.2) is 33.9 Å². The molecule has 0 fully saturated rings. The molecular formula is C19H27ClN6O7. The first kappa shape index (κ1) is 27.7. The largest absolute Gasteiger partial charge is 0.395 e. The maximum Gasteiger partial charge on any atom is 0.374 e. The standard InChI is InChI=1S/C19H26N6O7.ClH/c1-21-17(16(25(31)32)18(27)22(2)19(21)28)20-9-11-23(12-13-26)10-3-4-14-5-7-15(8-6-14)24(29)30;/h5-8,20,26H,3-4,9-13H2,1-2H3;1H. The molecule has 13 nitrogen and oxygen atoms in total. The number of benzene rings is 1. The van der Waals surface area contributed by atoms with Crippen LogP contribution >= 0.6 is 12.4 Å². The third-order valence-corrected chi connectivity index (χ3v) is 5.05. The molecule has 0 unspecified atom stereocenters. The van der Waals surface area contributed by atoms with Gasteiger partial charge in [0.05, 0.1) is 16.5 Å². The summed E-state index contributed by atoms with van der Waals surface area (Å²) < 4.78 is 1.70. The van der Waals surface area contributed by atoms with Crippen LogP contribution in [0.5, 0.6) is 0 Å². The Morgan fingerprint density at radius 3 is 2.18 bits per heavy atom. The minimum atomic E-state index is -0.990. The zero-order chi connectivity index (χ0) is 23.8. The maximum atomic E-state index is 12.1. The SMILES string of the molecule is Cl.Cn1c(NCCN(CCO)CCCc2ccc([N+](=O)[O-])cc2)c([N+](=O)[O-])c(=O)n(C)c1=O. The summed E-state index contributed by atoms with van der Waals surface area (Å²) in [5.41, 5.74) is -1.40. The second-order valence-electron chi connectivity index (χ2n) is 7.18. The number of nitro groups is 2. The number of rotatable bonds is 12. The molecule has 0 spiro atoms. The summed E-state index contributed by atoms with van der Waals surface area (Å²) in [4.78, 5) is 47.0. The van der Waals surface area contributed by atoms with Crippen LogP contribution in [0.4, 0.5) is 17.2 Å². The molecule has 1 heterocycles. The predicted octanol–water partition coefficient (Wildman–Crippen LogP) is 0.661. The lowest BCUT2D eigenvalue weighted by Crippen LogP contribution is -2.40. The predicted molar refractivity (Wildman–Crippen MR) is 124 cm³/mol. The minimum Gasteiger partial charge on any atom is -0.395 e. The molecule has 0 aliphatic rings. The topological polar surface area (TPSA) is 166 Å². The van der Waals surface area contributed by atoms with Crippen molar-refractivity contribution in [2.24, 2.45) is 14.1 Å². The Morgan fingerprint density at radius 2 is 1.64 bits per heavy atom. The van der Waals surface area contributed by atoms with Crippen molar-refractivity contribution in [2.75, 3.05) is 38.1 Å². The minimum absolute atomic E-state index is 0. The molecule has 0 bridgehead atoms. The summed E-state index contributed by atoms with van der Waals surface area (Å²) >= 11 is 0. The van der Waals surface area contributed by atoms with E-state index in [2.05, 4.69) is 5.32 Å². The fourth-order valence-corrected chi connectivity index (χ4v) is 3.29. The van der Waals surface area contributed by atoms with Crippen LogP contribution < -0.4 is 16.6 Å². The lowest BCUT2D eigenvalue weighted by atomic mass is 10.1. The highest BCUT2D eigenvalue weighted by atomic mass is 35.5. The van der Waals surface area contributed by atoms with Gasteiger partial charge in [-0.2, -0.15) is 0 Å². The van der Waals surface area contributed by atoms with Gasteiger partial charge in [0.15, 0.2) is 5.82 Å². The molecule has 0 aliphatic heterocycles. The average Bonchev–Trinajstić information content (AvgIpc) is 2.75. The smallest absolute Gasteiger partial charge is 0.374 e. The third-order valence-electron chi connectivity index (χ3n) is 5.05. The van der Waals surface area contributed by atoms with Crippen LogP contribution in [0.25, 0.3) is 0 Å². The summed E-state index contributed by atoms with van der Waals surface area (Å²) in [6.45, 7) is 1.51. The zero-order valence-electron chi connectivity index (χ0n) is 18.3. The van der Waals surface area contributed by atoms with Crippen molar-refractivity contribution < 1.29 is 15.0 Å². The lowest BCUT2D eigenvalue weighted by Gasteiger charge is -2.22. The van der Waals surface area contributed by atoms with E-state index in [0.29, 0.717) is 30.6 Å². The molecule has 0 saturated heterocycles. The Balaban J connectivity index is 0.00000544. The monoisotopic (exact) mass is 486 g/mol. The van der Waals surface area contributed by atoms with Crippen LogP contribution in [-0.2, 0) is 20.5 Å². The van der Waals surface area contributed by atoms with Crippen LogP contribution in [-0.4, -0.2) is 61.8 Å². The highest BCUT2D eigenvalue weighted by molar-refractivity contribution is 5.85. The summed E-state index contributed by atoms with van der Waals surface area (Å²) in [7, 11) is 2.52. The second-order valence-corrected chi connectivity index (χ2v) is 7.18. The van der Waals surface area contributed by atoms with E-state index in [0.717, 1.165) is 16.6 Å². The number of aromatic nitrogens is 2. The lowest BCUT2D eigenvalue weighted by molar-refractivity contribution is -0.386. The van der Waals surface area contributed by atoms with Gasteiger partial charge in [0, 0.05) is 45.9 Å². The van der Waals surface area contributed by atoms with Gasteiger partial charge in [-0.3, -0.25) is 39.1 Å². The van der Waals surface area contributed by atoms with Crippen molar-refractivity contribution >= 4 is 29.6 Å². The first-order valence-corrected chi connectivity index (χ1v) is 9.92. The Labute approximate surface area is 195 Å². The molecule has 0 radical (unpaired) electrons. The Kier molecular flexibility index (Phi) is 10.7. The number of nitrogens with zero attached hydrogens (tertiary/aromatic N) is 5. The zero-order valence-corrected chi connectivity index (χ0v) is 19.1. The second kappa shape index (κ2) is 12.7. The fraction of sp³-hybridized carbons (Fsp3) is 0.474. The summed E-state index contributed by atoms with van der Waals surface area (Å²) in [5, 5.41) is 34.2. The van der Waals surface area contributed by atoms with Crippen molar-refractivity contribution in [3.63, 3.8) is 0 Å². The van der Waals surface area contributed by atoms with E-state index in [-0.39, 0.29) is 37.1 Å². The highest BCUT2D eigenvalue weighted by Crippen LogP contribution is 2.16. The molecule has 1 aromatic carbocycles. The van der Waals surface area contributed by atoms with Crippen molar-refractivity contribution in [1.82, 2.24) is 14.0 Å². The third kappa shape index (κ3) is 7.10. The quantitative estimate of drug-likeness (QED) is 0.323. The van der Waals surface area contributed by atoms with Gasteiger partial charge in [-0.15, -0.1) is 12.4 Å². The molecule has 182 valence electrons. The van der Waals surface area contributed by atoms with Gasteiger partial charge in [-0.1, -0.05) is 12.1 Å². The number of hydrogen-bond acceptors (Lipinski definition) is 9. The molecule has 0 saturated carbocycles. The molecular weight excluding hydrogens is 460 g/mol. The normalized spacial score (nSPS) is 10.7. The molecule has 33 heavy (non-hydrogen) atoms. The Hall–Kier alpha value is -3.29. The van der Waals surface area contributed by atoms with Crippen LogP contribution in [0, 0.1) is 20.2 Å². The number of nitro benzene ring substituents is 1. The van der Waals surface area contributed by atoms with Crippen LogP contribution in [0.2, 0.25) is 0 Å². The number of nitrogens with one attached hydrogen (secondary N) is 1. The van der Waals surface area contributed by atoms with E-state index in [9.17, 15) is 34.9 Å². The van der Waals surface area contributed by atoms with Gasteiger partial charge in [0.25, 0.3) is 5.69 Å². The van der Waals surface area contributed by atoms with Gasteiger partial charge in [-0.05, 0) is 24.9 Å². The first-order valence-electron chi connectivity index (χ1n) is 9.92. The van der Waals surface area contributed by atoms with E-state index < -0.39 is 26.8 Å². The van der Waals surface area contributed by atoms with Gasteiger partial charge in [0.2, 0.25) is 0 Å². The number of non-ortho nitro benzene ring substituents is 1. The molecule has 0 amide bonds. The van der Waals surface area contributed by atoms with Crippen molar-refractivity contribution in [2.45, 2.75) is 12.8 Å². The highest BCUT2D eigenvalue weighted by Gasteiger charge is 2.25. The van der Waals surface area contributed by atoms with Gasteiger partial charge in [0.1, 0.15) is 0 Å². The molecule has 2 rings (SSSR count). The summed E-state index contributed by atoms with van der Waals surface area (Å²) in [6.07, 6.45) is 1.41. The van der Waals surface area contributed by atoms with Crippen molar-refractivity contribution in [1.29, 1.82) is 0 Å². The van der Waals surface area contributed by atoms with E-state index >= 15 is 0 Å². The molecule has 1 aromatic heterocycles. The number of aliphatic hydroxyl groups excluding tert-OH is 1. The van der Waals surface area contributed by atoms with E-state index in [4.69, 9.17) is 0 Å². The van der Waals surface area contributed by atoms with E-state index in [1.807, 2.05) is 4.90 Å². The number of aliphatic hydroxyl groups is 1.